The molecule has 110 valence electrons. The number of benzene rings is 2. The topological polar surface area (TPSA) is 73.6 Å². The average Bonchev–Trinajstić information content (AvgIpc) is 2.55. The van der Waals surface area contributed by atoms with Gasteiger partial charge in [0, 0.05) is 12.1 Å². The van der Waals surface area contributed by atoms with Gasteiger partial charge in [0.1, 0.15) is 11.5 Å². The van der Waals surface area contributed by atoms with Crippen LogP contribution in [0.25, 0.3) is 0 Å². The van der Waals surface area contributed by atoms with Gasteiger partial charge in [0.25, 0.3) is 5.91 Å². The van der Waals surface area contributed by atoms with E-state index in [-0.39, 0.29) is 5.91 Å². The van der Waals surface area contributed by atoms with Gasteiger partial charge in [0.15, 0.2) is 0 Å². The smallest absolute Gasteiger partial charge is 0.255 e. The minimum atomic E-state index is -0.229. The van der Waals surface area contributed by atoms with Crippen molar-refractivity contribution in [3.05, 3.63) is 53.6 Å². The third-order valence-corrected chi connectivity index (χ3v) is 3.08. The van der Waals surface area contributed by atoms with Crippen LogP contribution in [0.4, 0.5) is 5.69 Å². The predicted molar refractivity (Wildman–Crippen MR) is 81.8 cm³/mol. The van der Waals surface area contributed by atoms with Crippen molar-refractivity contribution in [1.82, 2.24) is 0 Å². The second kappa shape index (κ2) is 6.76. The fourth-order valence-electron chi connectivity index (χ4n) is 1.92. The van der Waals surface area contributed by atoms with Crippen molar-refractivity contribution in [3.63, 3.8) is 0 Å². The maximum Gasteiger partial charge on any atom is 0.255 e. The molecular formula is C16H18N2O3. The van der Waals surface area contributed by atoms with Crippen molar-refractivity contribution >= 4 is 11.6 Å². The minimum Gasteiger partial charge on any atom is -0.497 e. The summed E-state index contributed by atoms with van der Waals surface area (Å²) in [5.41, 5.74) is 7.64. The third-order valence-electron chi connectivity index (χ3n) is 3.08. The molecule has 0 fully saturated rings. The van der Waals surface area contributed by atoms with Gasteiger partial charge < -0.3 is 20.5 Å². The molecule has 0 aliphatic heterocycles. The van der Waals surface area contributed by atoms with Crippen molar-refractivity contribution in [2.24, 2.45) is 5.73 Å². The van der Waals surface area contributed by atoms with Crippen LogP contribution in [0.5, 0.6) is 11.5 Å². The normalized spacial score (nSPS) is 10.0. The summed E-state index contributed by atoms with van der Waals surface area (Å²) in [5, 5.41) is 2.82. The molecule has 0 aliphatic rings. The van der Waals surface area contributed by atoms with Gasteiger partial charge in [0.05, 0.1) is 19.9 Å². The number of ether oxygens (including phenoxy) is 2. The Bertz CT molecular complexity index is 641. The number of hydrogen-bond acceptors (Lipinski definition) is 4. The predicted octanol–water partition coefficient (Wildman–Crippen LogP) is 2.41. The summed E-state index contributed by atoms with van der Waals surface area (Å²) in [6.45, 7) is 0.417. The monoisotopic (exact) mass is 286 g/mol. The number of rotatable bonds is 5. The van der Waals surface area contributed by atoms with Crippen molar-refractivity contribution in [2.45, 2.75) is 6.54 Å². The molecule has 0 bridgehead atoms. The molecule has 0 radical (unpaired) electrons. The lowest BCUT2D eigenvalue weighted by atomic mass is 10.1. The molecule has 0 spiro atoms. The molecule has 0 unspecified atom stereocenters. The second-order valence-electron chi connectivity index (χ2n) is 4.42. The molecule has 5 heteroatoms. The van der Waals surface area contributed by atoms with Crippen molar-refractivity contribution < 1.29 is 14.3 Å². The summed E-state index contributed by atoms with van der Waals surface area (Å²) < 4.78 is 10.4. The van der Waals surface area contributed by atoms with E-state index in [1.807, 2.05) is 6.07 Å². The van der Waals surface area contributed by atoms with E-state index in [0.717, 1.165) is 5.56 Å². The minimum absolute atomic E-state index is 0.229. The molecule has 1 amide bonds. The Labute approximate surface area is 123 Å². The summed E-state index contributed by atoms with van der Waals surface area (Å²) in [4.78, 5) is 12.3. The summed E-state index contributed by atoms with van der Waals surface area (Å²) in [6, 6.07) is 12.4. The Morgan fingerprint density at radius 1 is 1.14 bits per heavy atom. The summed E-state index contributed by atoms with van der Waals surface area (Å²) in [7, 11) is 3.11. The zero-order valence-electron chi connectivity index (χ0n) is 12.1. The molecule has 3 N–H and O–H groups in total. The molecule has 0 heterocycles. The van der Waals surface area contributed by atoms with Gasteiger partial charge in [0.2, 0.25) is 0 Å². The van der Waals surface area contributed by atoms with E-state index in [4.69, 9.17) is 15.2 Å². The highest BCUT2D eigenvalue weighted by molar-refractivity contribution is 6.05. The zero-order valence-corrected chi connectivity index (χ0v) is 12.1. The van der Waals surface area contributed by atoms with E-state index in [9.17, 15) is 4.79 Å². The number of anilines is 1. The largest absolute Gasteiger partial charge is 0.497 e. The lowest BCUT2D eigenvalue weighted by Gasteiger charge is -2.12. The Morgan fingerprint density at radius 3 is 2.62 bits per heavy atom. The maximum absolute atomic E-state index is 12.3. The molecular weight excluding hydrogens is 268 g/mol. The first-order valence-corrected chi connectivity index (χ1v) is 6.50. The van der Waals surface area contributed by atoms with Crippen LogP contribution in [0.15, 0.2) is 42.5 Å². The van der Waals surface area contributed by atoms with Crippen LogP contribution in [-0.2, 0) is 6.54 Å². The van der Waals surface area contributed by atoms with Crippen molar-refractivity contribution in [2.75, 3.05) is 19.5 Å². The first-order chi connectivity index (χ1) is 10.2. The van der Waals surface area contributed by atoms with E-state index in [0.29, 0.717) is 29.3 Å². The number of nitrogens with two attached hydrogens (primary N) is 1. The van der Waals surface area contributed by atoms with Crippen LogP contribution in [0.1, 0.15) is 15.9 Å². The van der Waals surface area contributed by atoms with Crippen LogP contribution < -0.4 is 20.5 Å². The van der Waals surface area contributed by atoms with Crippen LogP contribution in [0.3, 0.4) is 0 Å². The summed E-state index contributed by atoms with van der Waals surface area (Å²) in [6.07, 6.45) is 0. The van der Waals surface area contributed by atoms with Gasteiger partial charge in [-0.05, 0) is 35.9 Å². The van der Waals surface area contributed by atoms with E-state index in [2.05, 4.69) is 5.32 Å². The van der Waals surface area contributed by atoms with Crippen LogP contribution in [0.2, 0.25) is 0 Å². The number of amides is 1. The Kier molecular flexibility index (Phi) is 4.79. The zero-order chi connectivity index (χ0) is 15.2. The number of hydrogen-bond donors (Lipinski definition) is 2. The standard InChI is InChI=1S/C16H18N2O3/c1-20-13-5-3-4-12(9-13)16(19)18-14-7-6-11(10-17)8-15(14)21-2/h3-9H,10,17H2,1-2H3,(H,18,19). The number of carbonyl (C=O) groups is 1. The summed E-state index contributed by atoms with van der Waals surface area (Å²) >= 11 is 0. The average molecular weight is 286 g/mol. The van der Waals surface area contributed by atoms with Crippen molar-refractivity contribution in [1.29, 1.82) is 0 Å². The Hall–Kier alpha value is -2.53. The highest BCUT2D eigenvalue weighted by atomic mass is 16.5. The third kappa shape index (κ3) is 3.52. The molecule has 5 nitrogen and oxygen atoms in total. The SMILES string of the molecule is COc1cccc(C(=O)Nc2ccc(CN)cc2OC)c1. The molecule has 0 aromatic heterocycles. The molecule has 0 aliphatic carbocycles. The van der Waals surface area contributed by atoms with Crippen molar-refractivity contribution in [3.8, 4) is 11.5 Å². The fourth-order valence-corrected chi connectivity index (χ4v) is 1.92. The molecule has 2 aromatic rings. The molecule has 2 aromatic carbocycles. The number of carbonyl (C=O) groups excluding carboxylic acids is 1. The van der Waals surface area contributed by atoms with Crippen LogP contribution in [-0.4, -0.2) is 20.1 Å². The van der Waals surface area contributed by atoms with Gasteiger partial charge in [-0.15, -0.1) is 0 Å². The van der Waals surface area contributed by atoms with Gasteiger partial charge in [-0.2, -0.15) is 0 Å². The summed E-state index contributed by atoms with van der Waals surface area (Å²) in [5.74, 6) is 0.981. The van der Waals surface area contributed by atoms with E-state index in [1.54, 1.807) is 50.6 Å². The van der Waals surface area contributed by atoms with Crippen LogP contribution in [0, 0.1) is 0 Å². The highest BCUT2D eigenvalue weighted by Crippen LogP contribution is 2.26. The fraction of sp³-hybridized carbons (Fsp3) is 0.188. The molecule has 0 atom stereocenters. The van der Waals surface area contributed by atoms with Gasteiger partial charge in [-0.1, -0.05) is 12.1 Å². The number of nitrogens with one attached hydrogen (secondary N) is 1. The highest BCUT2D eigenvalue weighted by Gasteiger charge is 2.11. The lowest BCUT2D eigenvalue weighted by Crippen LogP contribution is -2.13. The number of methoxy groups -OCH3 is 2. The first kappa shape index (κ1) is 14.9. The lowest BCUT2D eigenvalue weighted by molar-refractivity contribution is 0.102. The maximum atomic E-state index is 12.3. The van der Waals surface area contributed by atoms with Gasteiger partial charge in [-0.25, -0.2) is 0 Å². The molecule has 2 rings (SSSR count). The van der Waals surface area contributed by atoms with Crippen LogP contribution >= 0.6 is 0 Å². The van der Waals surface area contributed by atoms with Gasteiger partial charge >= 0.3 is 0 Å². The molecule has 0 saturated carbocycles. The molecule has 21 heavy (non-hydrogen) atoms. The van der Waals surface area contributed by atoms with E-state index in [1.165, 1.54) is 0 Å². The first-order valence-electron chi connectivity index (χ1n) is 6.50. The van der Waals surface area contributed by atoms with E-state index >= 15 is 0 Å². The van der Waals surface area contributed by atoms with Gasteiger partial charge in [-0.3, -0.25) is 4.79 Å². The quantitative estimate of drug-likeness (QED) is 0.885. The molecule has 0 saturated heterocycles. The Balaban J connectivity index is 2.22. The second-order valence-corrected chi connectivity index (χ2v) is 4.42. The Morgan fingerprint density at radius 2 is 1.95 bits per heavy atom. The van der Waals surface area contributed by atoms with E-state index < -0.39 is 0 Å².